The third kappa shape index (κ3) is 3.83. The summed E-state index contributed by atoms with van der Waals surface area (Å²) in [6.45, 7) is 0. The lowest BCUT2D eigenvalue weighted by Gasteiger charge is -2.01. The summed E-state index contributed by atoms with van der Waals surface area (Å²) in [7, 11) is 0. The van der Waals surface area contributed by atoms with E-state index in [1.807, 2.05) is 36.4 Å². The summed E-state index contributed by atoms with van der Waals surface area (Å²) < 4.78 is 0. The maximum absolute atomic E-state index is 11.7. The molecule has 92 valence electrons. The molecule has 3 heteroatoms. The number of benzene rings is 2. The molecule has 0 saturated heterocycles. The van der Waals surface area contributed by atoms with Crippen LogP contribution in [0.3, 0.4) is 0 Å². The number of hydrogen-bond acceptors (Lipinski definition) is 2. The van der Waals surface area contributed by atoms with Crippen molar-refractivity contribution in [2.75, 3.05) is 5.32 Å². The van der Waals surface area contributed by atoms with E-state index in [0.29, 0.717) is 11.3 Å². The second-order valence-electron chi connectivity index (χ2n) is 3.92. The summed E-state index contributed by atoms with van der Waals surface area (Å²) in [6, 6.07) is 18.4. The van der Waals surface area contributed by atoms with Crippen LogP contribution in [0.2, 0.25) is 0 Å². The van der Waals surface area contributed by atoms with Gasteiger partial charge in [-0.25, -0.2) is 0 Å². The Morgan fingerprint density at radius 1 is 1.05 bits per heavy atom. The van der Waals surface area contributed by atoms with Crippen molar-refractivity contribution in [3.05, 3.63) is 71.8 Å². The standard InChI is InChI=1S/C16H12N2O/c17-12-14-6-9-15(10-7-14)18-16(19)11-8-13-4-2-1-3-5-13/h1-11H,(H,18,19). The highest BCUT2D eigenvalue weighted by Crippen LogP contribution is 2.09. The average molecular weight is 248 g/mol. The van der Waals surface area contributed by atoms with Crippen molar-refractivity contribution in [3.8, 4) is 6.07 Å². The fourth-order valence-electron chi connectivity index (χ4n) is 1.55. The van der Waals surface area contributed by atoms with E-state index in [9.17, 15) is 4.79 Å². The Labute approximate surface area is 111 Å². The zero-order chi connectivity index (χ0) is 13.5. The zero-order valence-electron chi connectivity index (χ0n) is 10.2. The summed E-state index contributed by atoms with van der Waals surface area (Å²) in [5.74, 6) is -0.200. The van der Waals surface area contributed by atoms with E-state index in [1.54, 1.807) is 30.3 Å². The topological polar surface area (TPSA) is 52.9 Å². The van der Waals surface area contributed by atoms with Crippen molar-refractivity contribution in [2.24, 2.45) is 0 Å². The van der Waals surface area contributed by atoms with E-state index in [-0.39, 0.29) is 5.91 Å². The molecular formula is C16H12N2O. The summed E-state index contributed by atoms with van der Waals surface area (Å²) in [5.41, 5.74) is 2.21. The second-order valence-corrected chi connectivity index (χ2v) is 3.92. The molecule has 19 heavy (non-hydrogen) atoms. The molecule has 2 aromatic rings. The van der Waals surface area contributed by atoms with E-state index < -0.39 is 0 Å². The number of anilines is 1. The number of carbonyl (C=O) groups excluding carboxylic acids is 1. The van der Waals surface area contributed by atoms with Crippen LogP contribution < -0.4 is 5.32 Å². The van der Waals surface area contributed by atoms with Crippen LogP contribution in [0.15, 0.2) is 60.7 Å². The van der Waals surface area contributed by atoms with Crippen LogP contribution in [-0.2, 0) is 4.79 Å². The highest BCUT2D eigenvalue weighted by Gasteiger charge is 1.97. The van der Waals surface area contributed by atoms with Crippen molar-refractivity contribution in [2.45, 2.75) is 0 Å². The van der Waals surface area contributed by atoms with Gasteiger partial charge in [0.1, 0.15) is 0 Å². The van der Waals surface area contributed by atoms with E-state index in [2.05, 4.69) is 5.32 Å². The molecule has 2 rings (SSSR count). The summed E-state index contributed by atoms with van der Waals surface area (Å²) in [5, 5.41) is 11.4. The highest BCUT2D eigenvalue weighted by molar-refractivity contribution is 6.01. The molecule has 1 N–H and O–H groups in total. The van der Waals surface area contributed by atoms with Gasteiger partial charge in [0.2, 0.25) is 5.91 Å². The number of nitriles is 1. The molecule has 0 aliphatic rings. The normalized spacial score (nSPS) is 10.1. The zero-order valence-corrected chi connectivity index (χ0v) is 10.2. The van der Waals surface area contributed by atoms with E-state index in [4.69, 9.17) is 5.26 Å². The molecule has 0 spiro atoms. The number of carbonyl (C=O) groups is 1. The molecule has 0 aromatic heterocycles. The smallest absolute Gasteiger partial charge is 0.248 e. The predicted octanol–water partition coefficient (Wildman–Crippen LogP) is 3.21. The molecule has 0 fully saturated rings. The fraction of sp³-hybridized carbons (Fsp3) is 0. The van der Waals surface area contributed by atoms with Gasteiger partial charge in [0, 0.05) is 11.8 Å². The lowest BCUT2D eigenvalue weighted by molar-refractivity contribution is -0.111. The molecule has 0 aliphatic heterocycles. The van der Waals surface area contributed by atoms with E-state index in [1.165, 1.54) is 6.08 Å². The third-order valence-electron chi connectivity index (χ3n) is 2.51. The maximum Gasteiger partial charge on any atom is 0.248 e. The van der Waals surface area contributed by atoms with Gasteiger partial charge >= 0.3 is 0 Å². The van der Waals surface area contributed by atoms with Crippen LogP contribution in [0.1, 0.15) is 11.1 Å². The SMILES string of the molecule is N#Cc1ccc(NC(=O)C=Cc2ccccc2)cc1. The summed E-state index contributed by atoms with van der Waals surface area (Å²) in [6.07, 6.45) is 3.23. The van der Waals surface area contributed by atoms with Gasteiger partial charge in [0.05, 0.1) is 11.6 Å². The van der Waals surface area contributed by atoms with Crippen molar-refractivity contribution in [1.82, 2.24) is 0 Å². The van der Waals surface area contributed by atoms with Crippen molar-refractivity contribution in [1.29, 1.82) is 5.26 Å². The Morgan fingerprint density at radius 2 is 1.74 bits per heavy atom. The molecule has 0 aliphatic carbocycles. The number of rotatable bonds is 3. The van der Waals surface area contributed by atoms with Gasteiger partial charge in [-0.3, -0.25) is 4.79 Å². The Bertz CT molecular complexity index is 622. The van der Waals surface area contributed by atoms with E-state index in [0.717, 1.165) is 5.56 Å². The molecular weight excluding hydrogens is 236 g/mol. The maximum atomic E-state index is 11.7. The van der Waals surface area contributed by atoms with Gasteiger partial charge in [0.15, 0.2) is 0 Å². The predicted molar refractivity (Wildman–Crippen MR) is 75.3 cm³/mol. The molecule has 2 aromatic carbocycles. The summed E-state index contributed by atoms with van der Waals surface area (Å²) in [4.78, 5) is 11.7. The Morgan fingerprint density at radius 3 is 2.37 bits per heavy atom. The number of nitrogens with one attached hydrogen (secondary N) is 1. The molecule has 0 bridgehead atoms. The monoisotopic (exact) mass is 248 g/mol. The summed E-state index contributed by atoms with van der Waals surface area (Å²) >= 11 is 0. The molecule has 0 heterocycles. The fourth-order valence-corrected chi connectivity index (χ4v) is 1.55. The van der Waals surface area contributed by atoms with Gasteiger partial charge in [-0.1, -0.05) is 30.3 Å². The number of nitrogens with zero attached hydrogens (tertiary/aromatic N) is 1. The molecule has 1 amide bonds. The van der Waals surface area contributed by atoms with Crippen LogP contribution in [0.5, 0.6) is 0 Å². The molecule has 0 saturated carbocycles. The first-order chi connectivity index (χ1) is 9.28. The Hall–Kier alpha value is -2.86. The van der Waals surface area contributed by atoms with Crippen molar-refractivity contribution >= 4 is 17.7 Å². The minimum Gasteiger partial charge on any atom is -0.323 e. The first-order valence-corrected chi connectivity index (χ1v) is 5.82. The highest BCUT2D eigenvalue weighted by atomic mass is 16.1. The number of amides is 1. The lowest BCUT2D eigenvalue weighted by atomic mass is 10.2. The van der Waals surface area contributed by atoms with E-state index >= 15 is 0 Å². The second kappa shape index (κ2) is 6.18. The minimum atomic E-state index is -0.200. The largest absolute Gasteiger partial charge is 0.323 e. The van der Waals surface area contributed by atoms with Crippen LogP contribution in [0.4, 0.5) is 5.69 Å². The molecule has 0 unspecified atom stereocenters. The van der Waals surface area contributed by atoms with Gasteiger partial charge < -0.3 is 5.32 Å². The molecule has 3 nitrogen and oxygen atoms in total. The van der Waals surface area contributed by atoms with Gasteiger partial charge in [0.25, 0.3) is 0 Å². The minimum absolute atomic E-state index is 0.200. The Kier molecular flexibility index (Phi) is 4.09. The number of hydrogen-bond donors (Lipinski definition) is 1. The van der Waals surface area contributed by atoms with Gasteiger partial charge in [-0.15, -0.1) is 0 Å². The van der Waals surface area contributed by atoms with Gasteiger partial charge in [-0.2, -0.15) is 5.26 Å². The van der Waals surface area contributed by atoms with Crippen molar-refractivity contribution < 1.29 is 4.79 Å². The van der Waals surface area contributed by atoms with Crippen LogP contribution in [0, 0.1) is 11.3 Å². The lowest BCUT2D eigenvalue weighted by Crippen LogP contribution is -2.07. The first kappa shape index (κ1) is 12.6. The molecule has 0 radical (unpaired) electrons. The molecule has 0 atom stereocenters. The van der Waals surface area contributed by atoms with Crippen LogP contribution >= 0.6 is 0 Å². The Balaban J connectivity index is 1.98. The first-order valence-electron chi connectivity index (χ1n) is 5.82. The quantitative estimate of drug-likeness (QED) is 0.848. The van der Waals surface area contributed by atoms with Crippen LogP contribution in [0.25, 0.3) is 6.08 Å². The van der Waals surface area contributed by atoms with Crippen LogP contribution in [-0.4, -0.2) is 5.91 Å². The average Bonchev–Trinajstić information content (AvgIpc) is 2.47. The third-order valence-corrected chi connectivity index (χ3v) is 2.51. The van der Waals surface area contributed by atoms with Gasteiger partial charge in [-0.05, 0) is 35.9 Å². The van der Waals surface area contributed by atoms with Crippen molar-refractivity contribution in [3.63, 3.8) is 0 Å².